The lowest BCUT2D eigenvalue weighted by atomic mass is 9.79. The van der Waals surface area contributed by atoms with Gasteiger partial charge in [0.05, 0.1) is 11.6 Å². The van der Waals surface area contributed by atoms with Gasteiger partial charge in [0.2, 0.25) is 0 Å². The van der Waals surface area contributed by atoms with Gasteiger partial charge in [-0.25, -0.2) is 0 Å². The van der Waals surface area contributed by atoms with Gasteiger partial charge in [0, 0.05) is 45.2 Å². The van der Waals surface area contributed by atoms with Gasteiger partial charge in [0.1, 0.15) is 0 Å². The van der Waals surface area contributed by atoms with E-state index in [4.69, 9.17) is 4.74 Å². The van der Waals surface area contributed by atoms with E-state index in [1.807, 2.05) is 0 Å². The second-order valence-corrected chi connectivity index (χ2v) is 7.18. The standard InChI is InChI=1S/C16H26N2O2/c19-15(14-12-17-6-8-18(14)9-7-17)13-3-10-20-16(11-13)4-1-2-5-16/h13-14H,1-12H2. The molecule has 5 aliphatic rings. The van der Waals surface area contributed by atoms with E-state index in [-0.39, 0.29) is 17.6 Å². The minimum atomic E-state index is 0.0713. The van der Waals surface area contributed by atoms with Crippen molar-refractivity contribution in [2.45, 2.75) is 50.2 Å². The topological polar surface area (TPSA) is 32.8 Å². The van der Waals surface area contributed by atoms with E-state index in [1.165, 1.54) is 25.7 Å². The van der Waals surface area contributed by atoms with Crippen molar-refractivity contribution in [2.75, 3.05) is 39.3 Å². The molecule has 4 heterocycles. The lowest BCUT2D eigenvalue weighted by Gasteiger charge is -2.48. The number of piperazine rings is 3. The number of Topliss-reactive ketones (excluding diaryl/α,β-unsaturated/α-hetero) is 1. The van der Waals surface area contributed by atoms with Gasteiger partial charge < -0.3 is 4.74 Å². The molecule has 2 unspecified atom stereocenters. The molecule has 0 amide bonds. The van der Waals surface area contributed by atoms with Gasteiger partial charge in [0.15, 0.2) is 5.78 Å². The van der Waals surface area contributed by atoms with Crippen LogP contribution in [0.15, 0.2) is 0 Å². The molecule has 20 heavy (non-hydrogen) atoms. The molecule has 1 saturated carbocycles. The normalized spacial score (nSPS) is 43.0. The zero-order valence-corrected chi connectivity index (χ0v) is 12.4. The smallest absolute Gasteiger partial charge is 0.154 e. The van der Waals surface area contributed by atoms with E-state index < -0.39 is 0 Å². The zero-order valence-electron chi connectivity index (χ0n) is 12.4. The van der Waals surface area contributed by atoms with Gasteiger partial charge in [0.25, 0.3) is 0 Å². The highest BCUT2D eigenvalue weighted by Crippen LogP contribution is 2.42. The van der Waals surface area contributed by atoms with E-state index in [0.29, 0.717) is 5.78 Å². The van der Waals surface area contributed by atoms with Crippen molar-refractivity contribution in [3.63, 3.8) is 0 Å². The molecule has 0 aromatic carbocycles. The summed E-state index contributed by atoms with van der Waals surface area (Å²) in [6.45, 7) is 6.26. The number of ether oxygens (including phenoxy) is 1. The van der Waals surface area contributed by atoms with Crippen LogP contribution in [0.1, 0.15) is 38.5 Å². The quantitative estimate of drug-likeness (QED) is 0.762. The van der Waals surface area contributed by atoms with Gasteiger partial charge in [-0.15, -0.1) is 0 Å². The molecule has 2 atom stereocenters. The number of hydrogen-bond donors (Lipinski definition) is 0. The Hall–Kier alpha value is -0.450. The summed E-state index contributed by atoms with van der Waals surface area (Å²) in [4.78, 5) is 17.9. The maximum atomic E-state index is 13.0. The Bertz CT molecular complexity index is 384. The zero-order chi connectivity index (χ0) is 13.6. The van der Waals surface area contributed by atoms with Crippen molar-refractivity contribution in [3.8, 4) is 0 Å². The molecule has 112 valence electrons. The largest absolute Gasteiger partial charge is 0.375 e. The Labute approximate surface area is 121 Å². The van der Waals surface area contributed by atoms with E-state index in [1.54, 1.807) is 0 Å². The van der Waals surface area contributed by atoms with Gasteiger partial charge in [-0.1, -0.05) is 12.8 Å². The monoisotopic (exact) mass is 278 g/mol. The highest BCUT2D eigenvalue weighted by Gasteiger charge is 2.45. The predicted molar refractivity (Wildman–Crippen MR) is 76.7 cm³/mol. The van der Waals surface area contributed by atoms with E-state index in [0.717, 1.165) is 52.2 Å². The Morgan fingerprint density at radius 1 is 1.10 bits per heavy atom. The molecule has 4 saturated heterocycles. The fourth-order valence-corrected chi connectivity index (χ4v) is 4.80. The summed E-state index contributed by atoms with van der Waals surface area (Å²) < 4.78 is 6.08. The van der Waals surface area contributed by atoms with Crippen LogP contribution in [0.5, 0.6) is 0 Å². The molecule has 4 heteroatoms. The highest BCUT2D eigenvalue weighted by atomic mass is 16.5. The summed E-state index contributed by atoms with van der Waals surface area (Å²) in [7, 11) is 0. The number of carbonyl (C=O) groups is 1. The van der Waals surface area contributed by atoms with Gasteiger partial charge in [-0.3, -0.25) is 14.6 Å². The van der Waals surface area contributed by atoms with Gasteiger partial charge in [-0.05, 0) is 25.7 Å². The molecule has 2 bridgehead atoms. The van der Waals surface area contributed by atoms with Crippen molar-refractivity contribution in [1.29, 1.82) is 0 Å². The first-order valence-electron chi connectivity index (χ1n) is 8.40. The molecule has 5 fully saturated rings. The molecule has 5 rings (SSSR count). The van der Waals surface area contributed by atoms with Crippen LogP contribution in [0.3, 0.4) is 0 Å². The number of rotatable bonds is 2. The van der Waals surface area contributed by atoms with Crippen LogP contribution in [0, 0.1) is 5.92 Å². The first-order valence-corrected chi connectivity index (χ1v) is 8.40. The second kappa shape index (κ2) is 5.08. The third-order valence-electron chi connectivity index (χ3n) is 6.02. The first kappa shape index (κ1) is 13.2. The Kier molecular flexibility index (Phi) is 3.36. The molecular weight excluding hydrogens is 252 g/mol. The lowest BCUT2D eigenvalue weighted by molar-refractivity contribution is -0.145. The molecule has 0 N–H and O–H groups in total. The molecule has 0 radical (unpaired) electrons. The van der Waals surface area contributed by atoms with Gasteiger partial charge >= 0.3 is 0 Å². The van der Waals surface area contributed by atoms with E-state index in [9.17, 15) is 4.79 Å². The van der Waals surface area contributed by atoms with Crippen LogP contribution < -0.4 is 0 Å². The van der Waals surface area contributed by atoms with E-state index in [2.05, 4.69) is 9.80 Å². The van der Waals surface area contributed by atoms with Crippen molar-refractivity contribution in [1.82, 2.24) is 9.80 Å². The maximum Gasteiger partial charge on any atom is 0.154 e. The van der Waals surface area contributed by atoms with Crippen molar-refractivity contribution >= 4 is 5.78 Å². The molecule has 0 aromatic rings. The third-order valence-corrected chi connectivity index (χ3v) is 6.02. The summed E-state index contributed by atoms with van der Waals surface area (Å²) in [5, 5.41) is 0. The summed E-state index contributed by atoms with van der Waals surface area (Å²) in [5.41, 5.74) is 0.0713. The van der Waals surface area contributed by atoms with Crippen LogP contribution in [0.4, 0.5) is 0 Å². The van der Waals surface area contributed by atoms with Crippen molar-refractivity contribution in [2.24, 2.45) is 5.92 Å². The van der Waals surface area contributed by atoms with Crippen LogP contribution in [-0.4, -0.2) is 66.6 Å². The summed E-state index contributed by atoms with van der Waals surface area (Å²) in [5.74, 6) is 0.774. The van der Waals surface area contributed by atoms with Crippen LogP contribution in [0.2, 0.25) is 0 Å². The summed E-state index contributed by atoms with van der Waals surface area (Å²) in [6, 6.07) is 0.180. The minimum absolute atomic E-state index is 0.0713. The molecule has 1 aliphatic carbocycles. The fourth-order valence-electron chi connectivity index (χ4n) is 4.80. The lowest BCUT2D eigenvalue weighted by Crippen LogP contribution is -2.64. The average molecular weight is 278 g/mol. The minimum Gasteiger partial charge on any atom is -0.375 e. The van der Waals surface area contributed by atoms with Crippen LogP contribution in [0.25, 0.3) is 0 Å². The highest BCUT2D eigenvalue weighted by molar-refractivity contribution is 5.87. The number of fused-ring (bicyclic) bond motifs is 3. The molecular formula is C16H26N2O2. The maximum absolute atomic E-state index is 13.0. The third kappa shape index (κ3) is 2.22. The first-order chi connectivity index (χ1) is 9.76. The predicted octanol–water partition coefficient (Wildman–Crippen LogP) is 1.29. The van der Waals surface area contributed by atoms with E-state index >= 15 is 0 Å². The average Bonchev–Trinajstić information content (AvgIpc) is 2.95. The number of hydrogen-bond acceptors (Lipinski definition) is 4. The molecule has 1 spiro atoms. The molecule has 4 aliphatic heterocycles. The SMILES string of the molecule is O=C(C1CCOC2(CCCC2)C1)C1CN2CCN1CC2. The second-order valence-electron chi connectivity index (χ2n) is 7.18. The number of carbonyl (C=O) groups excluding carboxylic acids is 1. The number of nitrogens with zero attached hydrogens (tertiary/aromatic N) is 2. The van der Waals surface area contributed by atoms with Crippen molar-refractivity contribution in [3.05, 3.63) is 0 Å². The van der Waals surface area contributed by atoms with Crippen LogP contribution >= 0.6 is 0 Å². The Balaban J connectivity index is 1.45. The molecule has 0 aromatic heterocycles. The Morgan fingerprint density at radius 3 is 2.50 bits per heavy atom. The molecule has 4 nitrogen and oxygen atoms in total. The van der Waals surface area contributed by atoms with Crippen LogP contribution in [-0.2, 0) is 9.53 Å². The summed E-state index contributed by atoms with van der Waals surface area (Å²) in [6.07, 6.45) is 6.87. The summed E-state index contributed by atoms with van der Waals surface area (Å²) >= 11 is 0. The van der Waals surface area contributed by atoms with Gasteiger partial charge in [-0.2, -0.15) is 0 Å². The number of ketones is 1. The van der Waals surface area contributed by atoms with Crippen molar-refractivity contribution < 1.29 is 9.53 Å². The fraction of sp³-hybridized carbons (Fsp3) is 0.938. The Morgan fingerprint density at radius 2 is 1.85 bits per heavy atom.